The normalized spacial score (nSPS) is 11.6. The summed E-state index contributed by atoms with van der Waals surface area (Å²) in [6.45, 7) is 0. The fourth-order valence-corrected chi connectivity index (χ4v) is 2.52. The monoisotopic (exact) mass is 253 g/mol. The number of benzene rings is 2. The zero-order valence-corrected chi connectivity index (χ0v) is 10.1. The summed E-state index contributed by atoms with van der Waals surface area (Å²) in [5, 5.41) is 1.63. The summed E-state index contributed by atoms with van der Waals surface area (Å²) >= 11 is 6.24. The molecule has 0 bridgehead atoms. The van der Waals surface area contributed by atoms with Crippen molar-refractivity contribution in [3.05, 3.63) is 47.5 Å². The summed E-state index contributed by atoms with van der Waals surface area (Å²) in [5.41, 5.74) is 4.33. The molecular formula is C14H8ClN3. The van der Waals surface area contributed by atoms with Gasteiger partial charge in [-0.3, -0.25) is 0 Å². The highest BCUT2D eigenvalue weighted by atomic mass is 35.5. The molecule has 0 saturated carbocycles. The third-order valence-electron chi connectivity index (χ3n) is 3.07. The van der Waals surface area contributed by atoms with Gasteiger partial charge in [0, 0.05) is 5.39 Å². The molecule has 86 valence electrons. The van der Waals surface area contributed by atoms with Crippen LogP contribution >= 0.6 is 11.6 Å². The molecule has 2 aromatic heterocycles. The molecule has 1 N–H and O–H groups in total. The minimum Gasteiger partial charge on any atom is -0.338 e. The number of nitrogens with zero attached hydrogens (tertiary/aromatic N) is 2. The van der Waals surface area contributed by atoms with Gasteiger partial charge in [0.25, 0.3) is 0 Å². The van der Waals surface area contributed by atoms with Crippen LogP contribution in [0.5, 0.6) is 0 Å². The van der Waals surface area contributed by atoms with E-state index in [0.717, 1.165) is 33.1 Å². The molecule has 0 fully saturated rings. The number of fused-ring (bicyclic) bond motifs is 4. The molecule has 0 spiro atoms. The van der Waals surface area contributed by atoms with Gasteiger partial charge in [-0.1, -0.05) is 29.8 Å². The van der Waals surface area contributed by atoms with Crippen LogP contribution in [0.15, 0.2) is 42.5 Å². The van der Waals surface area contributed by atoms with Crippen molar-refractivity contribution in [3.8, 4) is 0 Å². The Bertz CT molecular complexity index is 895. The standard InChI is InChI=1S/C14H8ClN3/c15-8-4-3-7-11-12(8)13-14(18-11)17-10-6-2-1-5-9(10)16-13/h1-7H,(H,17,18). The molecule has 2 heterocycles. The minimum absolute atomic E-state index is 0.698. The van der Waals surface area contributed by atoms with E-state index in [1.54, 1.807) is 0 Å². The predicted octanol–water partition coefficient (Wildman–Crippen LogP) is 3.92. The van der Waals surface area contributed by atoms with Crippen molar-refractivity contribution < 1.29 is 0 Å². The van der Waals surface area contributed by atoms with Gasteiger partial charge >= 0.3 is 0 Å². The largest absolute Gasteiger partial charge is 0.338 e. The van der Waals surface area contributed by atoms with Crippen LogP contribution in [0.2, 0.25) is 5.02 Å². The maximum atomic E-state index is 6.24. The summed E-state index contributed by atoms with van der Waals surface area (Å²) in [7, 11) is 0. The molecule has 3 nitrogen and oxygen atoms in total. The quantitative estimate of drug-likeness (QED) is 0.516. The molecule has 0 amide bonds. The molecule has 0 saturated heterocycles. The van der Waals surface area contributed by atoms with Crippen molar-refractivity contribution >= 4 is 44.7 Å². The molecule has 0 atom stereocenters. The van der Waals surface area contributed by atoms with Crippen LogP contribution in [-0.4, -0.2) is 15.0 Å². The Morgan fingerprint density at radius 1 is 0.889 bits per heavy atom. The smallest absolute Gasteiger partial charge is 0.157 e. The summed E-state index contributed by atoms with van der Waals surface area (Å²) in [6.07, 6.45) is 0. The lowest BCUT2D eigenvalue weighted by atomic mass is 10.2. The summed E-state index contributed by atoms with van der Waals surface area (Å²) < 4.78 is 0. The molecule has 0 aliphatic heterocycles. The van der Waals surface area contributed by atoms with Gasteiger partial charge in [-0.2, -0.15) is 0 Å². The van der Waals surface area contributed by atoms with Crippen molar-refractivity contribution in [2.45, 2.75) is 0 Å². The first-order valence-electron chi connectivity index (χ1n) is 5.65. The van der Waals surface area contributed by atoms with E-state index in [-0.39, 0.29) is 0 Å². The highest BCUT2D eigenvalue weighted by molar-refractivity contribution is 6.37. The van der Waals surface area contributed by atoms with Gasteiger partial charge in [0.1, 0.15) is 5.52 Å². The van der Waals surface area contributed by atoms with Crippen molar-refractivity contribution in [1.82, 2.24) is 15.0 Å². The van der Waals surface area contributed by atoms with Crippen LogP contribution in [0.3, 0.4) is 0 Å². The maximum absolute atomic E-state index is 6.24. The van der Waals surface area contributed by atoms with Crippen LogP contribution in [0.1, 0.15) is 0 Å². The summed E-state index contributed by atoms with van der Waals surface area (Å²) in [5.74, 6) is 0. The SMILES string of the molecule is Clc1cccc2[nH]c3nc4ccccc4nc3c12. The minimum atomic E-state index is 0.698. The summed E-state index contributed by atoms with van der Waals surface area (Å²) in [4.78, 5) is 12.5. The molecule has 4 rings (SSSR count). The van der Waals surface area contributed by atoms with E-state index in [0.29, 0.717) is 5.02 Å². The number of aromatic amines is 1. The van der Waals surface area contributed by atoms with Gasteiger partial charge in [0.15, 0.2) is 5.65 Å². The van der Waals surface area contributed by atoms with Crippen LogP contribution in [0, 0.1) is 0 Å². The van der Waals surface area contributed by atoms with Gasteiger partial charge in [0.05, 0.1) is 21.6 Å². The lowest BCUT2D eigenvalue weighted by Crippen LogP contribution is -1.84. The molecule has 4 aromatic rings. The number of rotatable bonds is 0. The van der Waals surface area contributed by atoms with Crippen molar-refractivity contribution in [2.75, 3.05) is 0 Å². The first kappa shape index (κ1) is 9.85. The van der Waals surface area contributed by atoms with Crippen molar-refractivity contribution in [3.63, 3.8) is 0 Å². The van der Waals surface area contributed by atoms with E-state index in [1.807, 2.05) is 42.5 Å². The van der Waals surface area contributed by atoms with Gasteiger partial charge < -0.3 is 4.98 Å². The van der Waals surface area contributed by atoms with E-state index in [9.17, 15) is 0 Å². The third kappa shape index (κ3) is 1.25. The maximum Gasteiger partial charge on any atom is 0.157 e. The zero-order valence-electron chi connectivity index (χ0n) is 9.31. The molecule has 4 heteroatoms. The zero-order chi connectivity index (χ0) is 12.1. The molecule has 0 aliphatic rings. The van der Waals surface area contributed by atoms with Gasteiger partial charge in [-0.25, -0.2) is 9.97 Å². The van der Waals surface area contributed by atoms with E-state index in [2.05, 4.69) is 15.0 Å². The van der Waals surface area contributed by atoms with Gasteiger partial charge in [0.2, 0.25) is 0 Å². The van der Waals surface area contributed by atoms with Crippen molar-refractivity contribution in [1.29, 1.82) is 0 Å². The number of aromatic nitrogens is 3. The van der Waals surface area contributed by atoms with Crippen LogP contribution in [-0.2, 0) is 0 Å². The second-order valence-corrected chi connectivity index (χ2v) is 4.60. The van der Waals surface area contributed by atoms with Gasteiger partial charge in [-0.05, 0) is 24.3 Å². The Morgan fingerprint density at radius 3 is 2.50 bits per heavy atom. The predicted molar refractivity (Wildman–Crippen MR) is 73.9 cm³/mol. The summed E-state index contributed by atoms with van der Waals surface area (Å²) in [6, 6.07) is 13.6. The molecule has 0 aliphatic carbocycles. The highest BCUT2D eigenvalue weighted by Gasteiger charge is 2.10. The molecule has 0 unspecified atom stereocenters. The number of nitrogens with one attached hydrogen (secondary N) is 1. The van der Waals surface area contributed by atoms with Crippen LogP contribution in [0.4, 0.5) is 0 Å². The first-order chi connectivity index (χ1) is 8.83. The molecule has 18 heavy (non-hydrogen) atoms. The van der Waals surface area contributed by atoms with Crippen LogP contribution < -0.4 is 0 Å². The lowest BCUT2D eigenvalue weighted by Gasteiger charge is -1.97. The second kappa shape index (κ2) is 3.43. The Balaban J connectivity index is 2.29. The number of hydrogen-bond acceptors (Lipinski definition) is 2. The first-order valence-corrected chi connectivity index (χ1v) is 6.03. The Morgan fingerprint density at radius 2 is 1.67 bits per heavy atom. The Kier molecular flexibility index (Phi) is 1.88. The molecular weight excluding hydrogens is 246 g/mol. The number of halogens is 1. The highest BCUT2D eigenvalue weighted by Crippen LogP contribution is 2.30. The van der Waals surface area contributed by atoms with E-state index >= 15 is 0 Å². The Hall–Kier alpha value is -2.13. The topological polar surface area (TPSA) is 41.6 Å². The number of hydrogen-bond donors (Lipinski definition) is 1. The van der Waals surface area contributed by atoms with Crippen LogP contribution in [0.25, 0.3) is 33.1 Å². The van der Waals surface area contributed by atoms with E-state index in [4.69, 9.17) is 11.6 Å². The fraction of sp³-hybridized carbons (Fsp3) is 0. The van der Waals surface area contributed by atoms with E-state index < -0.39 is 0 Å². The third-order valence-corrected chi connectivity index (χ3v) is 3.39. The van der Waals surface area contributed by atoms with Gasteiger partial charge in [-0.15, -0.1) is 0 Å². The van der Waals surface area contributed by atoms with E-state index in [1.165, 1.54) is 0 Å². The molecule has 2 aromatic carbocycles. The fourth-order valence-electron chi connectivity index (χ4n) is 2.26. The Labute approximate surface area is 107 Å². The average Bonchev–Trinajstić information content (AvgIpc) is 2.74. The second-order valence-electron chi connectivity index (χ2n) is 4.20. The number of para-hydroxylation sites is 2. The number of H-pyrrole nitrogens is 1. The average molecular weight is 254 g/mol. The lowest BCUT2D eigenvalue weighted by molar-refractivity contribution is 1.36. The van der Waals surface area contributed by atoms with Crippen molar-refractivity contribution in [2.24, 2.45) is 0 Å². The molecule has 0 radical (unpaired) electrons.